The third-order valence-corrected chi connectivity index (χ3v) is 4.63. The lowest BCUT2D eigenvalue weighted by atomic mass is 9.69. The Labute approximate surface area is 149 Å². The first-order chi connectivity index (χ1) is 12.7. The zero-order valence-corrected chi connectivity index (χ0v) is 13.3. The summed E-state index contributed by atoms with van der Waals surface area (Å²) in [5.41, 5.74) is -2.56. The standard InChI is InChI=1S/C15H8N4O8/c20-7-1-2-8(21)16(7)5-18-11(24)15(12(18)25)13(26)19(14(15)27)6-17-9(22)3-4-10(17)23/h1-4H,5-6H2. The molecule has 2 fully saturated rings. The average molecular weight is 372 g/mol. The van der Waals surface area contributed by atoms with E-state index in [2.05, 4.69) is 0 Å². The second kappa shape index (κ2) is 5.03. The molecule has 4 aliphatic rings. The van der Waals surface area contributed by atoms with Gasteiger partial charge in [-0.25, -0.2) is 0 Å². The van der Waals surface area contributed by atoms with Crippen LogP contribution in [0.2, 0.25) is 0 Å². The Bertz CT molecular complexity index is 827. The van der Waals surface area contributed by atoms with Gasteiger partial charge in [0, 0.05) is 24.3 Å². The molecule has 0 unspecified atom stereocenters. The number of imide groups is 4. The van der Waals surface area contributed by atoms with Crippen LogP contribution in [0.1, 0.15) is 0 Å². The van der Waals surface area contributed by atoms with Crippen LogP contribution in [0.4, 0.5) is 0 Å². The van der Waals surface area contributed by atoms with Crippen LogP contribution in [0.5, 0.6) is 0 Å². The van der Waals surface area contributed by atoms with Crippen molar-refractivity contribution in [2.75, 3.05) is 13.3 Å². The molecule has 0 saturated carbocycles. The van der Waals surface area contributed by atoms with Crippen molar-refractivity contribution < 1.29 is 38.4 Å². The van der Waals surface area contributed by atoms with Crippen LogP contribution in [0.3, 0.4) is 0 Å². The van der Waals surface area contributed by atoms with Crippen LogP contribution in [0.25, 0.3) is 0 Å². The van der Waals surface area contributed by atoms with Crippen molar-refractivity contribution in [3.63, 3.8) is 0 Å². The Balaban J connectivity index is 1.48. The van der Waals surface area contributed by atoms with Gasteiger partial charge in [0.25, 0.3) is 52.7 Å². The van der Waals surface area contributed by atoms with Gasteiger partial charge in [0.15, 0.2) is 0 Å². The molecule has 0 atom stereocenters. The highest BCUT2D eigenvalue weighted by Crippen LogP contribution is 2.45. The molecule has 0 aromatic heterocycles. The quantitative estimate of drug-likeness (QED) is 0.280. The van der Waals surface area contributed by atoms with Gasteiger partial charge in [-0.1, -0.05) is 0 Å². The summed E-state index contributed by atoms with van der Waals surface area (Å²) in [7, 11) is 0. The van der Waals surface area contributed by atoms with E-state index in [9.17, 15) is 38.4 Å². The summed E-state index contributed by atoms with van der Waals surface area (Å²) in [6.45, 7) is -1.42. The normalized spacial score (nSPS) is 23.4. The maximum absolute atomic E-state index is 12.3. The van der Waals surface area contributed by atoms with Gasteiger partial charge in [-0.05, 0) is 0 Å². The zero-order chi connectivity index (χ0) is 19.7. The fourth-order valence-electron chi connectivity index (χ4n) is 3.12. The Morgan fingerprint density at radius 2 is 0.741 bits per heavy atom. The topological polar surface area (TPSA) is 150 Å². The molecule has 4 rings (SSSR count). The van der Waals surface area contributed by atoms with E-state index in [1.54, 1.807) is 0 Å². The molecule has 4 aliphatic heterocycles. The average Bonchev–Trinajstić information content (AvgIpc) is 3.12. The predicted octanol–water partition coefficient (Wildman–Crippen LogP) is -3.52. The van der Waals surface area contributed by atoms with Crippen molar-refractivity contribution in [2.24, 2.45) is 5.41 Å². The summed E-state index contributed by atoms with van der Waals surface area (Å²) >= 11 is 0. The molecule has 0 radical (unpaired) electrons. The molecule has 27 heavy (non-hydrogen) atoms. The molecule has 0 aromatic rings. The highest BCUT2D eigenvalue weighted by atomic mass is 16.2. The van der Waals surface area contributed by atoms with Crippen LogP contribution >= 0.6 is 0 Å². The Hall–Kier alpha value is -3.96. The lowest BCUT2D eigenvalue weighted by Crippen LogP contribution is -2.85. The van der Waals surface area contributed by atoms with Crippen molar-refractivity contribution in [1.82, 2.24) is 19.6 Å². The summed E-state index contributed by atoms with van der Waals surface area (Å²) < 4.78 is 0. The highest BCUT2D eigenvalue weighted by molar-refractivity contribution is 6.52. The van der Waals surface area contributed by atoms with Crippen molar-refractivity contribution in [1.29, 1.82) is 0 Å². The summed E-state index contributed by atoms with van der Waals surface area (Å²) in [6, 6.07) is 0. The molecule has 0 N–H and O–H groups in total. The number of hydrogen-bond donors (Lipinski definition) is 0. The molecule has 12 nitrogen and oxygen atoms in total. The molecular formula is C15H8N4O8. The van der Waals surface area contributed by atoms with Gasteiger partial charge < -0.3 is 0 Å². The van der Waals surface area contributed by atoms with E-state index in [4.69, 9.17) is 0 Å². The summed E-state index contributed by atoms with van der Waals surface area (Å²) in [6.07, 6.45) is 3.80. The predicted molar refractivity (Wildman–Crippen MR) is 77.9 cm³/mol. The molecule has 12 heteroatoms. The minimum atomic E-state index is -2.56. The van der Waals surface area contributed by atoms with E-state index >= 15 is 0 Å². The molecule has 4 heterocycles. The molecular weight excluding hydrogens is 364 g/mol. The SMILES string of the molecule is O=C1C=CC(=O)N1CN1C(=O)C2(C1=O)C(=O)N(CN1C(=O)C=CC1=O)C2=O. The zero-order valence-electron chi connectivity index (χ0n) is 13.3. The number of carbonyl (C=O) groups excluding carboxylic acids is 8. The van der Waals surface area contributed by atoms with Crippen LogP contribution in [-0.4, -0.2) is 80.2 Å². The summed E-state index contributed by atoms with van der Waals surface area (Å²) in [5.74, 6) is -7.62. The summed E-state index contributed by atoms with van der Waals surface area (Å²) in [5, 5.41) is 0. The third kappa shape index (κ3) is 1.80. The van der Waals surface area contributed by atoms with Gasteiger partial charge in [-0.15, -0.1) is 0 Å². The number of nitrogens with zero attached hydrogens (tertiary/aromatic N) is 4. The van der Waals surface area contributed by atoms with Gasteiger partial charge in [0.1, 0.15) is 13.3 Å². The van der Waals surface area contributed by atoms with Crippen LogP contribution in [-0.2, 0) is 38.4 Å². The van der Waals surface area contributed by atoms with Gasteiger partial charge >= 0.3 is 0 Å². The van der Waals surface area contributed by atoms with E-state index in [-0.39, 0.29) is 0 Å². The van der Waals surface area contributed by atoms with Crippen molar-refractivity contribution in [3.05, 3.63) is 24.3 Å². The van der Waals surface area contributed by atoms with Gasteiger partial charge in [-0.3, -0.25) is 58.0 Å². The number of rotatable bonds is 4. The third-order valence-electron chi connectivity index (χ3n) is 4.63. The molecule has 2 saturated heterocycles. The molecule has 0 aliphatic carbocycles. The minimum absolute atomic E-state index is 0.448. The number of hydrogen-bond acceptors (Lipinski definition) is 8. The molecule has 0 aromatic carbocycles. The number of likely N-dealkylation sites (tertiary alicyclic amines) is 2. The van der Waals surface area contributed by atoms with Crippen molar-refractivity contribution in [3.8, 4) is 0 Å². The first kappa shape index (κ1) is 16.5. The maximum atomic E-state index is 12.3. The number of carbonyl (C=O) groups is 8. The van der Waals surface area contributed by atoms with E-state index < -0.39 is 66.0 Å². The van der Waals surface area contributed by atoms with E-state index in [1.807, 2.05) is 0 Å². The number of amides is 8. The Morgan fingerprint density at radius 3 is 1.00 bits per heavy atom. The van der Waals surface area contributed by atoms with Gasteiger partial charge in [0.2, 0.25) is 0 Å². The fourth-order valence-corrected chi connectivity index (χ4v) is 3.12. The number of β-lactam (4-membered cyclic amide) rings is 4. The first-order valence-electron chi connectivity index (χ1n) is 7.51. The monoisotopic (exact) mass is 372 g/mol. The highest BCUT2D eigenvalue weighted by Gasteiger charge is 2.80. The summed E-state index contributed by atoms with van der Waals surface area (Å²) in [4.78, 5) is 97.4. The van der Waals surface area contributed by atoms with Crippen molar-refractivity contribution in [2.45, 2.75) is 0 Å². The second-order valence-electron chi connectivity index (χ2n) is 5.99. The fraction of sp³-hybridized carbons (Fsp3) is 0.200. The van der Waals surface area contributed by atoms with E-state index in [0.717, 1.165) is 24.3 Å². The van der Waals surface area contributed by atoms with E-state index in [0.29, 0.717) is 19.6 Å². The minimum Gasteiger partial charge on any atom is -0.272 e. The Kier molecular flexibility index (Phi) is 3.08. The molecule has 0 bridgehead atoms. The van der Waals surface area contributed by atoms with E-state index in [1.165, 1.54) is 0 Å². The smallest absolute Gasteiger partial charge is 0.272 e. The molecule has 8 amide bonds. The van der Waals surface area contributed by atoms with Crippen molar-refractivity contribution >= 4 is 47.3 Å². The Morgan fingerprint density at radius 1 is 0.481 bits per heavy atom. The van der Waals surface area contributed by atoms with Gasteiger partial charge in [0.05, 0.1) is 0 Å². The van der Waals surface area contributed by atoms with Crippen LogP contribution in [0, 0.1) is 5.41 Å². The molecule has 136 valence electrons. The van der Waals surface area contributed by atoms with Gasteiger partial charge in [-0.2, -0.15) is 0 Å². The lowest BCUT2D eigenvalue weighted by molar-refractivity contribution is -0.202. The largest absolute Gasteiger partial charge is 0.285 e. The second-order valence-corrected chi connectivity index (χ2v) is 5.99. The first-order valence-corrected chi connectivity index (χ1v) is 7.51. The lowest BCUT2D eigenvalue weighted by Gasteiger charge is -2.52. The van der Waals surface area contributed by atoms with Crippen LogP contribution < -0.4 is 0 Å². The molecule has 1 spiro atoms. The maximum Gasteiger partial charge on any atom is 0.285 e. The van der Waals surface area contributed by atoms with Crippen LogP contribution in [0.15, 0.2) is 24.3 Å².